The fourth-order valence-corrected chi connectivity index (χ4v) is 3.75. The number of halogens is 5. The maximum atomic E-state index is 13.3. The Bertz CT molecular complexity index is 763. The van der Waals surface area contributed by atoms with Gasteiger partial charge in [0, 0.05) is 19.3 Å². The van der Waals surface area contributed by atoms with Crippen LogP contribution in [0.4, 0.5) is 22.0 Å². The van der Waals surface area contributed by atoms with Gasteiger partial charge in [-0.15, -0.1) is 0 Å². The van der Waals surface area contributed by atoms with E-state index >= 15 is 0 Å². The van der Waals surface area contributed by atoms with Crippen molar-refractivity contribution in [3.8, 4) is 0 Å². The minimum absolute atomic E-state index is 0.159. The molecule has 2 rings (SSSR count). The molecule has 0 N–H and O–H groups in total. The Morgan fingerprint density at radius 2 is 1.62 bits per heavy atom. The Kier molecular flexibility index (Phi) is 8.28. The van der Waals surface area contributed by atoms with E-state index < -0.39 is 73.1 Å². The third-order valence-corrected chi connectivity index (χ3v) is 5.22. The van der Waals surface area contributed by atoms with Crippen LogP contribution in [0.25, 0.3) is 0 Å². The van der Waals surface area contributed by atoms with E-state index in [1.807, 2.05) is 0 Å². The van der Waals surface area contributed by atoms with Crippen LogP contribution in [0.5, 0.6) is 0 Å². The van der Waals surface area contributed by atoms with E-state index in [2.05, 4.69) is 0 Å². The lowest BCUT2D eigenvalue weighted by Gasteiger charge is -2.38. The third kappa shape index (κ3) is 8.74. The second kappa shape index (κ2) is 10.2. The van der Waals surface area contributed by atoms with Crippen LogP contribution in [0.2, 0.25) is 0 Å². The van der Waals surface area contributed by atoms with Crippen molar-refractivity contribution in [3.05, 3.63) is 35.9 Å². The van der Waals surface area contributed by atoms with Gasteiger partial charge in [0.2, 0.25) is 5.92 Å². The van der Waals surface area contributed by atoms with Gasteiger partial charge in [0.05, 0.1) is 11.8 Å². The summed E-state index contributed by atoms with van der Waals surface area (Å²) in [6.07, 6.45) is -7.66. The predicted molar refractivity (Wildman–Crippen MR) is 107 cm³/mol. The first kappa shape index (κ1) is 26.1. The third-order valence-electron chi connectivity index (χ3n) is 5.22. The molecule has 1 aromatic carbocycles. The highest BCUT2D eigenvalue weighted by Crippen LogP contribution is 2.47. The summed E-state index contributed by atoms with van der Waals surface area (Å²) in [4.78, 5) is 25.7. The van der Waals surface area contributed by atoms with Crippen molar-refractivity contribution in [1.82, 2.24) is 0 Å². The van der Waals surface area contributed by atoms with E-state index in [1.165, 1.54) is 0 Å². The Morgan fingerprint density at radius 3 is 2.12 bits per heavy atom. The van der Waals surface area contributed by atoms with Gasteiger partial charge in [0.25, 0.3) is 0 Å². The molecule has 180 valence electrons. The molecule has 4 nitrogen and oxygen atoms in total. The van der Waals surface area contributed by atoms with Crippen LogP contribution in [0.1, 0.15) is 58.4 Å². The van der Waals surface area contributed by atoms with Crippen LogP contribution in [0.15, 0.2) is 30.3 Å². The van der Waals surface area contributed by atoms with Crippen LogP contribution in [0.3, 0.4) is 0 Å². The van der Waals surface area contributed by atoms with Crippen molar-refractivity contribution in [3.63, 3.8) is 0 Å². The molecule has 0 aromatic heterocycles. The zero-order chi connectivity index (χ0) is 24.2. The summed E-state index contributed by atoms with van der Waals surface area (Å²) in [7, 11) is 0. The Hall–Kier alpha value is -2.19. The molecule has 1 aliphatic carbocycles. The Balaban J connectivity index is 2.22. The predicted octanol–water partition coefficient (Wildman–Crippen LogP) is 6.08. The fourth-order valence-electron chi connectivity index (χ4n) is 3.75. The number of carbonyl (C=O) groups excluding carboxylic acids is 2. The summed E-state index contributed by atoms with van der Waals surface area (Å²) in [5.74, 6) is -8.06. The van der Waals surface area contributed by atoms with E-state index in [1.54, 1.807) is 51.1 Å². The topological polar surface area (TPSA) is 52.6 Å². The molecule has 2 atom stereocenters. The lowest BCUT2D eigenvalue weighted by atomic mass is 9.72. The van der Waals surface area contributed by atoms with Crippen LogP contribution in [-0.4, -0.2) is 29.6 Å². The van der Waals surface area contributed by atoms with Crippen molar-refractivity contribution in [2.45, 2.75) is 77.2 Å². The highest BCUT2D eigenvalue weighted by atomic mass is 19.4. The van der Waals surface area contributed by atoms with Crippen molar-refractivity contribution >= 4 is 11.9 Å². The van der Waals surface area contributed by atoms with Gasteiger partial charge in [-0.1, -0.05) is 30.3 Å². The van der Waals surface area contributed by atoms with Crippen LogP contribution >= 0.6 is 0 Å². The van der Waals surface area contributed by atoms with Crippen molar-refractivity contribution in [1.29, 1.82) is 0 Å². The van der Waals surface area contributed by atoms with Crippen LogP contribution in [0, 0.1) is 17.8 Å². The molecule has 9 heteroatoms. The maximum absolute atomic E-state index is 13.3. The summed E-state index contributed by atoms with van der Waals surface area (Å²) in [6.45, 7) is 4.57. The van der Waals surface area contributed by atoms with Gasteiger partial charge >= 0.3 is 18.1 Å². The number of hydrogen-bond acceptors (Lipinski definition) is 4. The number of carbonyl (C=O) groups is 2. The number of hydrogen-bond donors (Lipinski definition) is 0. The lowest BCUT2D eigenvalue weighted by molar-refractivity contribution is -0.176. The minimum Gasteiger partial charge on any atom is -0.461 e. The van der Waals surface area contributed by atoms with Crippen LogP contribution < -0.4 is 0 Å². The first-order valence-corrected chi connectivity index (χ1v) is 10.5. The number of benzene rings is 1. The number of esters is 2. The molecular weight excluding hydrogens is 435 g/mol. The quantitative estimate of drug-likeness (QED) is 0.328. The molecule has 32 heavy (non-hydrogen) atoms. The molecule has 1 saturated carbocycles. The second-order valence-electron chi connectivity index (χ2n) is 9.36. The van der Waals surface area contributed by atoms with Gasteiger partial charge in [-0.25, -0.2) is 8.78 Å². The zero-order valence-corrected chi connectivity index (χ0v) is 18.4. The molecule has 0 aliphatic heterocycles. The highest BCUT2D eigenvalue weighted by molar-refractivity contribution is 5.82. The number of rotatable bonds is 9. The van der Waals surface area contributed by atoms with Crippen molar-refractivity contribution < 1.29 is 41.0 Å². The molecular formula is C23H29F5O4. The van der Waals surface area contributed by atoms with E-state index in [4.69, 9.17) is 9.47 Å². The van der Waals surface area contributed by atoms with Gasteiger partial charge in [-0.05, 0) is 45.1 Å². The summed E-state index contributed by atoms with van der Waals surface area (Å²) in [5, 5.41) is 0. The van der Waals surface area contributed by atoms with Gasteiger partial charge < -0.3 is 9.47 Å². The average molecular weight is 464 g/mol. The molecule has 1 aliphatic rings. The lowest BCUT2D eigenvalue weighted by Crippen LogP contribution is -2.42. The molecule has 0 spiro atoms. The normalized spacial score (nSPS) is 18.4. The molecule has 0 unspecified atom stereocenters. The monoisotopic (exact) mass is 464 g/mol. The van der Waals surface area contributed by atoms with E-state index in [9.17, 15) is 31.5 Å². The molecule has 1 fully saturated rings. The van der Waals surface area contributed by atoms with E-state index in [-0.39, 0.29) is 13.0 Å². The van der Waals surface area contributed by atoms with Gasteiger partial charge in [0.1, 0.15) is 12.2 Å². The summed E-state index contributed by atoms with van der Waals surface area (Å²) >= 11 is 0. The first-order valence-electron chi connectivity index (χ1n) is 10.5. The fraction of sp³-hybridized carbons (Fsp3) is 0.652. The molecule has 0 saturated heterocycles. The molecule has 0 amide bonds. The highest BCUT2D eigenvalue weighted by Gasteiger charge is 2.49. The zero-order valence-electron chi connectivity index (χ0n) is 18.4. The minimum atomic E-state index is -4.56. The SMILES string of the molecule is CC(C)(C)OC(=O)[C@@H](CC1CC(F)(F)C1)[C@@H](CCC(F)(F)F)C(=O)OCc1ccccc1. The maximum Gasteiger partial charge on any atom is 0.389 e. The Morgan fingerprint density at radius 1 is 1.03 bits per heavy atom. The molecule has 0 heterocycles. The van der Waals surface area contributed by atoms with Gasteiger partial charge in [-0.3, -0.25) is 9.59 Å². The first-order chi connectivity index (χ1) is 14.7. The number of ether oxygens (including phenoxy) is 2. The summed E-state index contributed by atoms with van der Waals surface area (Å²) in [6, 6.07) is 8.54. The second-order valence-corrected chi connectivity index (χ2v) is 9.36. The van der Waals surface area contributed by atoms with E-state index in [0.29, 0.717) is 5.56 Å². The Labute approximate surface area is 184 Å². The molecule has 1 aromatic rings. The average Bonchev–Trinajstić information content (AvgIpc) is 2.62. The summed E-state index contributed by atoms with van der Waals surface area (Å²) in [5.41, 5.74) is -0.329. The van der Waals surface area contributed by atoms with Crippen LogP contribution in [-0.2, 0) is 25.7 Å². The smallest absolute Gasteiger partial charge is 0.389 e. The largest absolute Gasteiger partial charge is 0.461 e. The van der Waals surface area contributed by atoms with Gasteiger partial charge in [-0.2, -0.15) is 13.2 Å². The number of alkyl halides is 5. The van der Waals surface area contributed by atoms with Crippen molar-refractivity contribution in [2.75, 3.05) is 0 Å². The van der Waals surface area contributed by atoms with Gasteiger partial charge in [0.15, 0.2) is 0 Å². The standard InChI is InChI=1S/C23H29F5O4/c1-21(2,3)32-20(30)18(11-16-12-22(24,25)13-16)17(9-10-23(26,27)28)19(29)31-14-15-7-5-4-6-8-15/h4-8,16-18H,9-14H2,1-3H3/t17-,18+/m1/s1. The summed E-state index contributed by atoms with van der Waals surface area (Å²) < 4.78 is 76.0. The molecule has 0 radical (unpaired) electrons. The van der Waals surface area contributed by atoms with E-state index in [0.717, 1.165) is 0 Å². The van der Waals surface area contributed by atoms with Crippen molar-refractivity contribution in [2.24, 2.45) is 17.8 Å². The molecule has 0 bridgehead atoms.